The maximum atomic E-state index is 12.1. The van der Waals surface area contributed by atoms with E-state index < -0.39 is 0 Å². The molecule has 1 aromatic carbocycles. The van der Waals surface area contributed by atoms with Crippen molar-refractivity contribution in [1.29, 1.82) is 0 Å². The summed E-state index contributed by atoms with van der Waals surface area (Å²) in [5.74, 6) is 5.51. The van der Waals surface area contributed by atoms with Crippen LogP contribution >= 0.6 is 0 Å². The maximum absolute atomic E-state index is 12.1. The molecular weight excluding hydrogens is 252 g/mol. The summed E-state index contributed by atoms with van der Waals surface area (Å²) in [6.07, 6.45) is 1.53. The number of aromatic nitrogens is 1. The predicted molar refractivity (Wildman–Crippen MR) is 80.5 cm³/mol. The zero-order valence-corrected chi connectivity index (χ0v) is 11.6. The number of hydrogen-bond donors (Lipinski definition) is 3. The average molecular weight is 270 g/mol. The van der Waals surface area contributed by atoms with E-state index >= 15 is 0 Å². The molecule has 0 bridgehead atoms. The Morgan fingerprint density at radius 2 is 1.85 bits per heavy atom. The molecule has 104 valence electrons. The number of pyridine rings is 1. The summed E-state index contributed by atoms with van der Waals surface area (Å²) in [5.41, 5.74) is 5.41. The molecule has 0 fully saturated rings. The lowest BCUT2D eigenvalue weighted by molar-refractivity contribution is 0.102. The molecule has 20 heavy (non-hydrogen) atoms. The van der Waals surface area contributed by atoms with Gasteiger partial charge in [-0.05, 0) is 35.7 Å². The van der Waals surface area contributed by atoms with Gasteiger partial charge in [0.25, 0.3) is 5.91 Å². The van der Waals surface area contributed by atoms with Gasteiger partial charge in [-0.2, -0.15) is 0 Å². The van der Waals surface area contributed by atoms with Crippen LogP contribution in [-0.2, 0) is 0 Å². The van der Waals surface area contributed by atoms with Crippen LogP contribution in [0.2, 0.25) is 0 Å². The Hall–Kier alpha value is -2.40. The third kappa shape index (κ3) is 3.33. The monoisotopic (exact) mass is 270 g/mol. The summed E-state index contributed by atoms with van der Waals surface area (Å²) in [6.45, 7) is 4.26. The topological polar surface area (TPSA) is 80.0 Å². The molecule has 0 radical (unpaired) electrons. The predicted octanol–water partition coefficient (Wildman–Crippen LogP) is 2.74. The lowest BCUT2D eigenvalue weighted by atomic mass is 10.0. The second kappa shape index (κ2) is 6.16. The zero-order chi connectivity index (χ0) is 14.5. The highest BCUT2D eigenvalue weighted by atomic mass is 16.1. The van der Waals surface area contributed by atoms with Gasteiger partial charge in [-0.15, -0.1) is 0 Å². The minimum absolute atomic E-state index is 0.264. The first-order valence-corrected chi connectivity index (χ1v) is 6.44. The molecule has 0 spiro atoms. The Balaban J connectivity index is 2.10. The highest BCUT2D eigenvalue weighted by Crippen LogP contribution is 2.17. The molecule has 4 N–H and O–H groups in total. The number of amides is 1. The van der Waals surface area contributed by atoms with E-state index in [0.717, 1.165) is 5.69 Å². The quantitative estimate of drug-likeness (QED) is 0.589. The van der Waals surface area contributed by atoms with E-state index in [9.17, 15) is 4.79 Å². The number of carbonyl (C=O) groups is 1. The minimum Gasteiger partial charge on any atom is -0.324 e. The SMILES string of the molecule is CC(C)c1ccc(NC(=O)c2cc(NN)ccn2)cc1. The van der Waals surface area contributed by atoms with Crippen molar-refractivity contribution in [2.75, 3.05) is 10.7 Å². The molecule has 0 aliphatic carbocycles. The third-order valence-corrected chi connectivity index (χ3v) is 2.99. The summed E-state index contributed by atoms with van der Waals surface area (Å²) < 4.78 is 0. The molecular formula is C15H18N4O. The molecule has 0 aliphatic heterocycles. The van der Waals surface area contributed by atoms with Crippen molar-refractivity contribution in [2.24, 2.45) is 5.84 Å². The summed E-state index contributed by atoms with van der Waals surface area (Å²) in [6, 6.07) is 11.1. The molecule has 0 unspecified atom stereocenters. The average Bonchev–Trinajstić information content (AvgIpc) is 2.47. The van der Waals surface area contributed by atoms with Gasteiger partial charge in [0.05, 0.1) is 5.69 Å². The fourth-order valence-corrected chi connectivity index (χ4v) is 1.79. The van der Waals surface area contributed by atoms with E-state index in [1.54, 1.807) is 12.1 Å². The Morgan fingerprint density at radius 1 is 1.15 bits per heavy atom. The first-order chi connectivity index (χ1) is 9.60. The highest BCUT2D eigenvalue weighted by molar-refractivity contribution is 6.03. The standard InChI is InChI=1S/C15H18N4O/c1-10(2)11-3-5-12(6-4-11)18-15(20)14-9-13(19-16)7-8-17-14/h3-10H,16H2,1-2H3,(H,17,19)(H,18,20). The number of rotatable bonds is 4. The van der Waals surface area contributed by atoms with Crippen molar-refractivity contribution in [3.05, 3.63) is 53.9 Å². The molecule has 0 aliphatic rings. The molecule has 1 amide bonds. The lowest BCUT2D eigenvalue weighted by Crippen LogP contribution is -2.15. The molecule has 0 saturated heterocycles. The molecule has 2 aromatic rings. The van der Waals surface area contributed by atoms with Gasteiger partial charge >= 0.3 is 0 Å². The van der Waals surface area contributed by atoms with Crippen LogP contribution < -0.4 is 16.6 Å². The number of carbonyl (C=O) groups excluding carboxylic acids is 1. The van der Waals surface area contributed by atoms with E-state index in [-0.39, 0.29) is 5.91 Å². The summed E-state index contributed by atoms with van der Waals surface area (Å²) in [7, 11) is 0. The smallest absolute Gasteiger partial charge is 0.274 e. The van der Waals surface area contributed by atoms with Gasteiger partial charge in [0.2, 0.25) is 0 Å². The number of benzene rings is 1. The van der Waals surface area contributed by atoms with Crippen LogP contribution in [0.15, 0.2) is 42.6 Å². The Bertz CT molecular complexity index is 593. The Labute approximate surface area is 118 Å². The van der Waals surface area contributed by atoms with Crippen molar-refractivity contribution >= 4 is 17.3 Å². The third-order valence-electron chi connectivity index (χ3n) is 2.99. The first-order valence-electron chi connectivity index (χ1n) is 6.44. The van der Waals surface area contributed by atoms with Gasteiger partial charge in [-0.1, -0.05) is 26.0 Å². The van der Waals surface area contributed by atoms with Gasteiger partial charge in [0, 0.05) is 11.9 Å². The maximum Gasteiger partial charge on any atom is 0.274 e. The van der Waals surface area contributed by atoms with E-state index in [0.29, 0.717) is 17.3 Å². The Morgan fingerprint density at radius 3 is 2.45 bits per heavy atom. The molecule has 0 saturated carbocycles. The second-order valence-electron chi connectivity index (χ2n) is 4.80. The van der Waals surface area contributed by atoms with Crippen molar-refractivity contribution in [3.8, 4) is 0 Å². The van der Waals surface area contributed by atoms with Crippen molar-refractivity contribution in [2.45, 2.75) is 19.8 Å². The molecule has 2 rings (SSSR count). The van der Waals surface area contributed by atoms with Crippen LogP contribution in [0.3, 0.4) is 0 Å². The summed E-state index contributed by atoms with van der Waals surface area (Å²) in [4.78, 5) is 16.1. The normalized spacial score (nSPS) is 10.4. The number of nitrogens with zero attached hydrogens (tertiary/aromatic N) is 1. The van der Waals surface area contributed by atoms with Crippen LogP contribution in [0, 0.1) is 0 Å². The van der Waals surface area contributed by atoms with E-state index in [4.69, 9.17) is 5.84 Å². The minimum atomic E-state index is -0.264. The largest absolute Gasteiger partial charge is 0.324 e. The van der Waals surface area contributed by atoms with Crippen molar-refractivity contribution < 1.29 is 4.79 Å². The molecule has 0 atom stereocenters. The molecule has 1 aromatic heterocycles. The second-order valence-corrected chi connectivity index (χ2v) is 4.80. The Kier molecular flexibility index (Phi) is 4.32. The number of anilines is 2. The molecule has 1 heterocycles. The number of nitrogens with one attached hydrogen (secondary N) is 2. The highest BCUT2D eigenvalue weighted by Gasteiger charge is 2.08. The van der Waals surface area contributed by atoms with Crippen LogP contribution in [-0.4, -0.2) is 10.9 Å². The number of hydrazine groups is 1. The van der Waals surface area contributed by atoms with E-state index in [1.807, 2.05) is 24.3 Å². The summed E-state index contributed by atoms with van der Waals surface area (Å²) >= 11 is 0. The number of hydrogen-bond acceptors (Lipinski definition) is 4. The van der Waals surface area contributed by atoms with Gasteiger partial charge in [0.1, 0.15) is 5.69 Å². The lowest BCUT2D eigenvalue weighted by Gasteiger charge is -2.08. The van der Waals surface area contributed by atoms with Crippen LogP contribution in [0.1, 0.15) is 35.8 Å². The number of nitrogen functional groups attached to an aromatic ring is 1. The fraction of sp³-hybridized carbons (Fsp3) is 0.200. The van der Waals surface area contributed by atoms with Gasteiger partial charge < -0.3 is 10.7 Å². The van der Waals surface area contributed by atoms with Gasteiger partial charge in [-0.25, -0.2) is 0 Å². The van der Waals surface area contributed by atoms with Crippen molar-refractivity contribution in [1.82, 2.24) is 4.98 Å². The van der Waals surface area contributed by atoms with Crippen LogP contribution in [0.25, 0.3) is 0 Å². The van der Waals surface area contributed by atoms with Crippen molar-refractivity contribution in [3.63, 3.8) is 0 Å². The molecule has 5 nitrogen and oxygen atoms in total. The van der Waals surface area contributed by atoms with Crippen LogP contribution in [0.4, 0.5) is 11.4 Å². The van der Waals surface area contributed by atoms with Gasteiger partial charge in [0.15, 0.2) is 0 Å². The van der Waals surface area contributed by atoms with Gasteiger partial charge in [-0.3, -0.25) is 15.6 Å². The molecule has 5 heteroatoms. The fourth-order valence-electron chi connectivity index (χ4n) is 1.79. The first kappa shape index (κ1) is 14.0. The van der Waals surface area contributed by atoms with E-state index in [1.165, 1.54) is 11.8 Å². The number of nitrogens with two attached hydrogens (primary N) is 1. The summed E-state index contributed by atoms with van der Waals surface area (Å²) in [5, 5.41) is 2.81. The van der Waals surface area contributed by atoms with Crippen LogP contribution in [0.5, 0.6) is 0 Å². The zero-order valence-electron chi connectivity index (χ0n) is 11.6. The van der Waals surface area contributed by atoms with E-state index in [2.05, 4.69) is 29.6 Å².